The molecule has 1 fully saturated rings. The van der Waals surface area contributed by atoms with Gasteiger partial charge in [-0.15, -0.1) is 11.3 Å². The van der Waals surface area contributed by atoms with Crippen LogP contribution < -0.4 is 5.32 Å². The third-order valence-corrected chi connectivity index (χ3v) is 6.42. The molecule has 0 saturated carbocycles. The summed E-state index contributed by atoms with van der Waals surface area (Å²) in [6.45, 7) is 4.02. The second-order valence-electron chi connectivity index (χ2n) is 7.67. The van der Waals surface area contributed by atoms with E-state index in [2.05, 4.69) is 15.2 Å². The monoisotopic (exact) mass is 479 g/mol. The molecule has 4 aromatic rings. The molecule has 2 aromatic carbocycles. The fraction of sp³-hybridized carbons (Fsp3) is 0.208. The van der Waals surface area contributed by atoms with E-state index in [0.717, 1.165) is 49.8 Å². The van der Waals surface area contributed by atoms with E-state index in [9.17, 15) is 4.79 Å². The number of para-hydroxylation sites is 1. The van der Waals surface area contributed by atoms with Crippen LogP contribution in [-0.2, 0) is 11.3 Å². The van der Waals surface area contributed by atoms with Crippen molar-refractivity contribution in [1.82, 2.24) is 19.7 Å². The first kappa shape index (κ1) is 21.8. The number of hydrogen-bond acceptors (Lipinski definition) is 6. The maximum atomic E-state index is 13.3. The SMILES string of the molecule is O=C(Nc1nc(CN2CCOCC2)cs1)c1cn(-c2ccccc2)nc1-c1ccc(Cl)cc1. The Balaban J connectivity index is 1.40. The molecule has 168 valence electrons. The van der Waals surface area contributed by atoms with E-state index in [1.165, 1.54) is 11.3 Å². The van der Waals surface area contributed by atoms with Crippen LogP contribution in [0, 0.1) is 0 Å². The van der Waals surface area contributed by atoms with Gasteiger partial charge in [0.15, 0.2) is 5.13 Å². The van der Waals surface area contributed by atoms with E-state index >= 15 is 0 Å². The number of benzene rings is 2. The van der Waals surface area contributed by atoms with Gasteiger partial charge in [-0.1, -0.05) is 41.9 Å². The highest BCUT2D eigenvalue weighted by atomic mass is 35.5. The second-order valence-corrected chi connectivity index (χ2v) is 8.96. The van der Waals surface area contributed by atoms with Crippen LogP contribution in [0.25, 0.3) is 16.9 Å². The molecular weight excluding hydrogens is 458 g/mol. The number of halogens is 1. The first-order valence-corrected chi connectivity index (χ1v) is 11.9. The van der Waals surface area contributed by atoms with Crippen LogP contribution in [0.3, 0.4) is 0 Å². The van der Waals surface area contributed by atoms with Crippen molar-refractivity contribution in [2.45, 2.75) is 6.54 Å². The lowest BCUT2D eigenvalue weighted by Gasteiger charge is -2.25. The molecule has 0 atom stereocenters. The lowest BCUT2D eigenvalue weighted by Crippen LogP contribution is -2.35. The normalized spacial score (nSPS) is 14.3. The van der Waals surface area contributed by atoms with Crippen LogP contribution in [0.1, 0.15) is 16.1 Å². The number of rotatable bonds is 6. The van der Waals surface area contributed by atoms with Crippen molar-refractivity contribution in [3.63, 3.8) is 0 Å². The third-order valence-electron chi connectivity index (χ3n) is 5.36. The quantitative estimate of drug-likeness (QED) is 0.432. The summed E-state index contributed by atoms with van der Waals surface area (Å²) in [5.74, 6) is -0.255. The van der Waals surface area contributed by atoms with Gasteiger partial charge in [-0.05, 0) is 24.3 Å². The van der Waals surface area contributed by atoms with Crippen LogP contribution in [0.5, 0.6) is 0 Å². The van der Waals surface area contributed by atoms with Crippen molar-refractivity contribution in [2.24, 2.45) is 0 Å². The Morgan fingerprint density at radius 3 is 2.61 bits per heavy atom. The highest BCUT2D eigenvalue weighted by Crippen LogP contribution is 2.27. The molecule has 0 aliphatic carbocycles. The minimum atomic E-state index is -0.255. The third kappa shape index (κ3) is 5.15. The molecule has 1 amide bonds. The zero-order valence-electron chi connectivity index (χ0n) is 17.8. The minimum Gasteiger partial charge on any atom is -0.379 e. The number of morpholine rings is 1. The van der Waals surface area contributed by atoms with E-state index in [4.69, 9.17) is 21.4 Å². The fourth-order valence-corrected chi connectivity index (χ4v) is 4.49. The number of thiazole rings is 1. The highest BCUT2D eigenvalue weighted by molar-refractivity contribution is 7.14. The molecule has 7 nitrogen and oxygen atoms in total. The lowest BCUT2D eigenvalue weighted by atomic mass is 10.1. The van der Waals surface area contributed by atoms with Gasteiger partial charge >= 0.3 is 0 Å². The Hall–Kier alpha value is -3.04. The van der Waals surface area contributed by atoms with Gasteiger partial charge in [0, 0.05) is 41.8 Å². The van der Waals surface area contributed by atoms with E-state index in [1.807, 2.05) is 47.8 Å². The van der Waals surface area contributed by atoms with Crippen molar-refractivity contribution < 1.29 is 9.53 Å². The van der Waals surface area contributed by atoms with E-state index in [1.54, 1.807) is 23.0 Å². The second kappa shape index (κ2) is 9.84. The average molecular weight is 480 g/mol. The maximum Gasteiger partial charge on any atom is 0.261 e. The maximum absolute atomic E-state index is 13.3. The van der Waals surface area contributed by atoms with Crippen LogP contribution in [0.4, 0.5) is 5.13 Å². The largest absolute Gasteiger partial charge is 0.379 e. The topological polar surface area (TPSA) is 72.3 Å². The molecule has 33 heavy (non-hydrogen) atoms. The fourth-order valence-electron chi connectivity index (χ4n) is 3.66. The molecule has 1 N–H and O–H groups in total. The van der Waals surface area contributed by atoms with Gasteiger partial charge < -0.3 is 4.74 Å². The number of hydrogen-bond donors (Lipinski definition) is 1. The van der Waals surface area contributed by atoms with E-state index < -0.39 is 0 Å². The van der Waals surface area contributed by atoms with Gasteiger partial charge in [0.05, 0.1) is 30.2 Å². The summed E-state index contributed by atoms with van der Waals surface area (Å²) >= 11 is 7.48. The Morgan fingerprint density at radius 1 is 1.09 bits per heavy atom. The predicted molar refractivity (Wildman–Crippen MR) is 130 cm³/mol. The Bertz CT molecular complexity index is 1230. The number of amides is 1. The summed E-state index contributed by atoms with van der Waals surface area (Å²) in [4.78, 5) is 20.2. The van der Waals surface area contributed by atoms with Crippen LogP contribution in [-0.4, -0.2) is 51.9 Å². The van der Waals surface area contributed by atoms with Crippen molar-refractivity contribution in [3.05, 3.63) is 82.5 Å². The Morgan fingerprint density at radius 2 is 1.85 bits per heavy atom. The number of ether oxygens (including phenoxy) is 1. The molecule has 3 heterocycles. The molecule has 0 bridgehead atoms. The number of carbonyl (C=O) groups excluding carboxylic acids is 1. The zero-order chi connectivity index (χ0) is 22.6. The molecule has 0 unspecified atom stereocenters. The number of nitrogens with one attached hydrogen (secondary N) is 1. The summed E-state index contributed by atoms with van der Waals surface area (Å²) in [5, 5.41) is 10.8. The number of carbonyl (C=O) groups is 1. The van der Waals surface area contributed by atoms with Crippen LogP contribution in [0.2, 0.25) is 5.02 Å². The number of aromatic nitrogens is 3. The number of anilines is 1. The van der Waals surface area contributed by atoms with Gasteiger partial charge in [-0.25, -0.2) is 9.67 Å². The molecule has 9 heteroatoms. The predicted octanol–water partition coefficient (Wildman–Crippen LogP) is 4.73. The minimum absolute atomic E-state index is 0.255. The summed E-state index contributed by atoms with van der Waals surface area (Å²) < 4.78 is 7.11. The molecule has 0 spiro atoms. The Labute approximate surface area is 200 Å². The van der Waals surface area contributed by atoms with Gasteiger partial charge in [-0.3, -0.25) is 15.0 Å². The first-order valence-electron chi connectivity index (χ1n) is 10.6. The Kier molecular flexibility index (Phi) is 6.50. The van der Waals surface area contributed by atoms with Crippen molar-refractivity contribution in [1.29, 1.82) is 0 Å². The van der Waals surface area contributed by atoms with Crippen LogP contribution in [0.15, 0.2) is 66.2 Å². The standard InChI is InChI=1S/C24H22ClN5O2S/c25-18-8-6-17(7-9-18)22-21(15-30(28-22)20-4-2-1-3-5-20)23(31)27-24-26-19(16-33-24)14-29-10-12-32-13-11-29/h1-9,15-16H,10-14H2,(H,26,27,31). The van der Waals surface area contributed by atoms with Gasteiger partial charge in [-0.2, -0.15) is 5.10 Å². The van der Waals surface area contributed by atoms with Crippen molar-refractivity contribution >= 4 is 34.0 Å². The smallest absolute Gasteiger partial charge is 0.261 e. The van der Waals surface area contributed by atoms with Gasteiger partial charge in [0.25, 0.3) is 5.91 Å². The van der Waals surface area contributed by atoms with Gasteiger partial charge in [0.2, 0.25) is 0 Å². The molecular formula is C24H22ClN5O2S. The molecule has 1 aliphatic heterocycles. The van der Waals surface area contributed by atoms with E-state index in [-0.39, 0.29) is 5.91 Å². The van der Waals surface area contributed by atoms with Crippen molar-refractivity contribution in [3.8, 4) is 16.9 Å². The molecule has 5 rings (SSSR count). The molecule has 0 radical (unpaired) electrons. The lowest BCUT2D eigenvalue weighted by molar-refractivity contribution is 0.0337. The summed E-state index contributed by atoms with van der Waals surface area (Å²) in [7, 11) is 0. The summed E-state index contributed by atoms with van der Waals surface area (Å²) in [6, 6.07) is 17.0. The van der Waals surface area contributed by atoms with Crippen molar-refractivity contribution in [2.75, 3.05) is 31.6 Å². The zero-order valence-corrected chi connectivity index (χ0v) is 19.4. The molecule has 1 aliphatic rings. The number of nitrogens with zero attached hydrogens (tertiary/aromatic N) is 4. The highest BCUT2D eigenvalue weighted by Gasteiger charge is 2.20. The summed E-state index contributed by atoms with van der Waals surface area (Å²) in [5.41, 5.74) is 3.67. The van der Waals surface area contributed by atoms with Gasteiger partial charge in [0.1, 0.15) is 5.69 Å². The molecule has 2 aromatic heterocycles. The average Bonchev–Trinajstić information content (AvgIpc) is 3.48. The van der Waals surface area contributed by atoms with Crippen LogP contribution >= 0.6 is 22.9 Å². The molecule has 1 saturated heterocycles. The first-order chi connectivity index (χ1) is 16.2. The van der Waals surface area contributed by atoms with E-state index in [0.29, 0.717) is 21.4 Å². The summed E-state index contributed by atoms with van der Waals surface area (Å²) in [6.07, 6.45) is 1.75.